The molecule has 0 aliphatic rings. The van der Waals surface area contributed by atoms with Crippen LogP contribution in [-0.2, 0) is 4.74 Å². The normalized spacial score (nSPS) is 12.9. The summed E-state index contributed by atoms with van der Waals surface area (Å²) in [7, 11) is 1.60. The van der Waals surface area contributed by atoms with Crippen LogP contribution in [0.1, 0.15) is 0 Å². The van der Waals surface area contributed by atoms with E-state index in [-0.39, 0.29) is 12.6 Å². The van der Waals surface area contributed by atoms with Crippen LogP contribution in [0.15, 0.2) is 17.8 Å². The zero-order chi connectivity index (χ0) is 11.4. The van der Waals surface area contributed by atoms with Gasteiger partial charge in [-0.2, -0.15) is 0 Å². The average molecular weight is 239 g/mol. The highest BCUT2D eigenvalue weighted by atomic mass is 32.1. The van der Waals surface area contributed by atoms with Gasteiger partial charge in [-0.25, -0.2) is 9.97 Å². The molecule has 6 heteroatoms. The van der Waals surface area contributed by atoms with Crippen molar-refractivity contribution >= 4 is 27.4 Å². The van der Waals surface area contributed by atoms with Gasteiger partial charge in [0.15, 0.2) is 0 Å². The smallest absolute Gasteiger partial charge is 0.147 e. The molecule has 2 aromatic heterocycles. The van der Waals surface area contributed by atoms with Gasteiger partial charge >= 0.3 is 0 Å². The van der Waals surface area contributed by atoms with E-state index in [1.165, 1.54) is 6.33 Å². The quantitative estimate of drug-likeness (QED) is 0.818. The van der Waals surface area contributed by atoms with Crippen molar-refractivity contribution in [1.82, 2.24) is 9.97 Å². The van der Waals surface area contributed by atoms with Crippen molar-refractivity contribution in [3.63, 3.8) is 0 Å². The first kappa shape index (κ1) is 11.3. The van der Waals surface area contributed by atoms with Crippen molar-refractivity contribution in [3.8, 4) is 0 Å². The van der Waals surface area contributed by atoms with Gasteiger partial charge in [-0.1, -0.05) is 0 Å². The Morgan fingerprint density at radius 2 is 2.44 bits per heavy atom. The lowest BCUT2D eigenvalue weighted by molar-refractivity contribution is 0.153. The Morgan fingerprint density at radius 3 is 3.19 bits per heavy atom. The van der Waals surface area contributed by atoms with Gasteiger partial charge in [0.1, 0.15) is 12.1 Å². The number of hydrogen-bond donors (Lipinski definition) is 2. The summed E-state index contributed by atoms with van der Waals surface area (Å²) in [5.41, 5.74) is 0.914. The second-order valence-corrected chi connectivity index (χ2v) is 4.25. The van der Waals surface area contributed by atoms with Crippen molar-refractivity contribution in [2.24, 2.45) is 0 Å². The fourth-order valence-electron chi connectivity index (χ4n) is 1.43. The number of aliphatic hydroxyl groups excluding tert-OH is 1. The Morgan fingerprint density at radius 1 is 1.56 bits per heavy atom. The Hall–Kier alpha value is -1.24. The molecule has 2 N–H and O–H groups in total. The first-order valence-corrected chi connectivity index (χ1v) is 5.77. The first-order chi connectivity index (χ1) is 7.85. The number of hydrogen-bond acceptors (Lipinski definition) is 6. The molecule has 0 amide bonds. The predicted octanol–water partition coefficient (Wildman–Crippen LogP) is 1.11. The number of nitrogens with zero attached hydrogens (tertiary/aromatic N) is 2. The van der Waals surface area contributed by atoms with Gasteiger partial charge in [0.05, 0.1) is 29.5 Å². The number of ether oxygens (including phenoxy) is 1. The fourth-order valence-corrected chi connectivity index (χ4v) is 2.22. The molecule has 2 rings (SSSR count). The van der Waals surface area contributed by atoms with E-state index in [4.69, 9.17) is 9.84 Å². The number of rotatable bonds is 5. The summed E-state index contributed by atoms with van der Waals surface area (Å²) in [5, 5.41) is 14.3. The predicted molar refractivity (Wildman–Crippen MR) is 63.8 cm³/mol. The zero-order valence-corrected chi connectivity index (χ0v) is 9.70. The first-order valence-electron chi connectivity index (χ1n) is 4.89. The van der Waals surface area contributed by atoms with E-state index in [0.29, 0.717) is 6.61 Å². The summed E-state index contributed by atoms with van der Waals surface area (Å²) < 4.78 is 6.00. The summed E-state index contributed by atoms with van der Waals surface area (Å²) in [5.74, 6) is 0.746. The number of nitrogens with one attached hydrogen (secondary N) is 1. The topological polar surface area (TPSA) is 67.3 Å². The number of thiophene rings is 1. The molecule has 0 saturated carbocycles. The maximum atomic E-state index is 9.16. The monoisotopic (exact) mass is 239 g/mol. The number of fused-ring (bicyclic) bond motifs is 1. The highest BCUT2D eigenvalue weighted by Gasteiger charge is 2.10. The lowest BCUT2D eigenvalue weighted by atomic mass is 10.3. The van der Waals surface area contributed by atoms with Gasteiger partial charge in [0, 0.05) is 7.11 Å². The highest BCUT2D eigenvalue weighted by molar-refractivity contribution is 7.17. The van der Waals surface area contributed by atoms with E-state index in [2.05, 4.69) is 15.3 Å². The zero-order valence-electron chi connectivity index (χ0n) is 8.88. The van der Waals surface area contributed by atoms with Crippen molar-refractivity contribution < 1.29 is 9.84 Å². The van der Waals surface area contributed by atoms with Crippen LogP contribution in [0.25, 0.3) is 10.2 Å². The van der Waals surface area contributed by atoms with Crippen LogP contribution >= 0.6 is 11.3 Å². The van der Waals surface area contributed by atoms with Gasteiger partial charge < -0.3 is 15.2 Å². The maximum absolute atomic E-state index is 9.16. The molecule has 0 saturated heterocycles. The maximum Gasteiger partial charge on any atom is 0.147 e. The summed E-state index contributed by atoms with van der Waals surface area (Å²) in [4.78, 5) is 8.32. The van der Waals surface area contributed by atoms with Crippen LogP contribution in [0, 0.1) is 0 Å². The SMILES string of the molecule is COCC(CO)Nc1ncnc2ccsc12. The van der Waals surface area contributed by atoms with E-state index in [0.717, 1.165) is 16.0 Å². The van der Waals surface area contributed by atoms with E-state index in [9.17, 15) is 0 Å². The molecule has 0 aliphatic carbocycles. The molecule has 86 valence electrons. The average Bonchev–Trinajstić information content (AvgIpc) is 2.77. The minimum atomic E-state index is -0.148. The lowest BCUT2D eigenvalue weighted by Gasteiger charge is -2.15. The third kappa shape index (κ3) is 2.29. The summed E-state index contributed by atoms with van der Waals surface area (Å²) in [6, 6.07) is 1.79. The molecule has 2 aromatic rings. The van der Waals surface area contributed by atoms with Crippen molar-refractivity contribution in [2.45, 2.75) is 6.04 Å². The van der Waals surface area contributed by atoms with E-state index < -0.39 is 0 Å². The standard InChI is InChI=1S/C10H13N3O2S/c1-15-5-7(4-14)13-10-9-8(2-3-16-9)11-6-12-10/h2-3,6-7,14H,4-5H2,1H3,(H,11,12,13). The Labute approximate surface area is 97.1 Å². The molecule has 0 fully saturated rings. The molecule has 0 aromatic carbocycles. The van der Waals surface area contributed by atoms with E-state index >= 15 is 0 Å². The Kier molecular flexibility index (Phi) is 3.66. The van der Waals surface area contributed by atoms with Crippen LogP contribution in [0.5, 0.6) is 0 Å². The van der Waals surface area contributed by atoms with Gasteiger partial charge in [-0.05, 0) is 11.4 Å². The second kappa shape index (κ2) is 5.20. The van der Waals surface area contributed by atoms with E-state index in [1.54, 1.807) is 18.4 Å². The Bertz CT molecular complexity index is 460. The highest BCUT2D eigenvalue weighted by Crippen LogP contribution is 2.25. The molecule has 2 heterocycles. The van der Waals surface area contributed by atoms with Gasteiger partial charge in [0.25, 0.3) is 0 Å². The largest absolute Gasteiger partial charge is 0.394 e. The van der Waals surface area contributed by atoms with Crippen LogP contribution in [0.4, 0.5) is 5.82 Å². The number of aromatic nitrogens is 2. The van der Waals surface area contributed by atoms with Crippen molar-refractivity contribution in [3.05, 3.63) is 17.8 Å². The third-order valence-electron chi connectivity index (χ3n) is 2.17. The van der Waals surface area contributed by atoms with Crippen LogP contribution in [0.2, 0.25) is 0 Å². The summed E-state index contributed by atoms with van der Waals surface area (Å²) in [6.07, 6.45) is 1.51. The number of methoxy groups -OCH3 is 1. The molecule has 0 bridgehead atoms. The van der Waals surface area contributed by atoms with Gasteiger partial charge in [-0.3, -0.25) is 0 Å². The molecular weight excluding hydrogens is 226 g/mol. The molecule has 1 atom stereocenters. The third-order valence-corrected chi connectivity index (χ3v) is 3.08. The van der Waals surface area contributed by atoms with Crippen molar-refractivity contribution in [1.29, 1.82) is 0 Å². The molecule has 16 heavy (non-hydrogen) atoms. The van der Waals surface area contributed by atoms with Gasteiger partial charge in [0.2, 0.25) is 0 Å². The number of anilines is 1. The van der Waals surface area contributed by atoms with Gasteiger partial charge in [-0.15, -0.1) is 11.3 Å². The minimum Gasteiger partial charge on any atom is -0.394 e. The summed E-state index contributed by atoms with van der Waals surface area (Å²) >= 11 is 1.57. The molecule has 5 nitrogen and oxygen atoms in total. The lowest BCUT2D eigenvalue weighted by Crippen LogP contribution is -2.29. The molecular formula is C10H13N3O2S. The molecule has 0 aliphatic heterocycles. The Balaban J connectivity index is 2.22. The van der Waals surface area contributed by atoms with Crippen molar-refractivity contribution in [2.75, 3.05) is 25.6 Å². The molecule has 0 radical (unpaired) electrons. The fraction of sp³-hybridized carbons (Fsp3) is 0.400. The molecule has 1 unspecified atom stereocenters. The van der Waals surface area contributed by atoms with Crippen LogP contribution in [-0.4, -0.2) is 41.4 Å². The molecule has 0 spiro atoms. The van der Waals surface area contributed by atoms with Crippen LogP contribution < -0.4 is 5.32 Å². The second-order valence-electron chi connectivity index (χ2n) is 3.34. The summed E-state index contributed by atoms with van der Waals surface area (Å²) in [6.45, 7) is 0.443. The van der Waals surface area contributed by atoms with Crippen LogP contribution in [0.3, 0.4) is 0 Å². The van der Waals surface area contributed by atoms with E-state index in [1.807, 2.05) is 11.4 Å². The number of aliphatic hydroxyl groups is 1. The minimum absolute atomic E-state index is 0.00467.